The highest BCUT2D eigenvalue weighted by Gasteiger charge is 2.03. The fourth-order valence-electron chi connectivity index (χ4n) is 2.00. The van der Waals surface area contributed by atoms with E-state index in [4.69, 9.17) is 5.73 Å². The molecule has 0 aliphatic rings. The van der Waals surface area contributed by atoms with Crippen LogP contribution in [-0.2, 0) is 0 Å². The number of nitrogens with zero attached hydrogens (tertiary/aromatic N) is 2. The highest BCUT2D eigenvalue weighted by Crippen LogP contribution is 2.20. The summed E-state index contributed by atoms with van der Waals surface area (Å²) in [6.07, 6.45) is 11.5. The van der Waals surface area contributed by atoms with E-state index < -0.39 is 0 Å². The third-order valence-electron chi connectivity index (χ3n) is 3.09. The summed E-state index contributed by atoms with van der Waals surface area (Å²) in [5, 5.41) is 0. The van der Waals surface area contributed by atoms with E-state index in [0.717, 1.165) is 17.9 Å². The van der Waals surface area contributed by atoms with Gasteiger partial charge in [-0.05, 0) is 12.5 Å². The number of anilines is 2. The summed E-state index contributed by atoms with van der Waals surface area (Å²) >= 11 is 0. The van der Waals surface area contributed by atoms with Crippen molar-refractivity contribution in [3.8, 4) is 0 Å². The maximum atomic E-state index is 5.89. The van der Waals surface area contributed by atoms with E-state index in [1.165, 1.54) is 38.5 Å². The van der Waals surface area contributed by atoms with Crippen molar-refractivity contribution in [1.82, 2.24) is 4.98 Å². The smallest absolute Gasteiger partial charge is 0.0738 e. The Morgan fingerprint density at radius 1 is 1.18 bits per heavy atom. The van der Waals surface area contributed by atoms with Gasteiger partial charge in [0.05, 0.1) is 17.6 Å². The van der Waals surface area contributed by atoms with Gasteiger partial charge in [0.15, 0.2) is 0 Å². The molecule has 1 aromatic rings. The fourth-order valence-corrected chi connectivity index (χ4v) is 2.00. The quantitative estimate of drug-likeness (QED) is 0.702. The summed E-state index contributed by atoms with van der Waals surface area (Å²) in [5.74, 6) is 0. The number of nitrogen functional groups attached to an aromatic ring is 1. The molecule has 17 heavy (non-hydrogen) atoms. The molecule has 0 amide bonds. The Morgan fingerprint density at radius 2 is 1.88 bits per heavy atom. The molecule has 0 unspecified atom stereocenters. The van der Waals surface area contributed by atoms with Gasteiger partial charge >= 0.3 is 0 Å². The monoisotopic (exact) mass is 235 g/mol. The number of nitrogens with two attached hydrogens (primary N) is 1. The number of aromatic nitrogens is 1. The fraction of sp³-hybridized carbons (Fsp3) is 0.643. The lowest BCUT2D eigenvalue weighted by molar-refractivity contribution is 0.606. The molecule has 0 saturated heterocycles. The molecule has 96 valence electrons. The molecule has 3 heteroatoms. The Balaban J connectivity index is 2.21. The summed E-state index contributed by atoms with van der Waals surface area (Å²) in [5.41, 5.74) is 7.74. The van der Waals surface area contributed by atoms with Gasteiger partial charge in [-0.3, -0.25) is 4.98 Å². The Hall–Kier alpha value is -1.25. The van der Waals surface area contributed by atoms with Crippen LogP contribution in [0.4, 0.5) is 11.4 Å². The van der Waals surface area contributed by atoms with Crippen LogP contribution < -0.4 is 10.6 Å². The van der Waals surface area contributed by atoms with Crippen molar-refractivity contribution in [1.29, 1.82) is 0 Å². The third kappa shape index (κ3) is 5.07. The molecule has 0 aromatic carbocycles. The van der Waals surface area contributed by atoms with E-state index in [2.05, 4.69) is 23.9 Å². The van der Waals surface area contributed by atoms with E-state index in [-0.39, 0.29) is 0 Å². The van der Waals surface area contributed by atoms with Crippen LogP contribution in [0.5, 0.6) is 0 Å². The molecule has 0 spiro atoms. The Morgan fingerprint density at radius 3 is 2.59 bits per heavy atom. The third-order valence-corrected chi connectivity index (χ3v) is 3.09. The van der Waals surface area contributed by atoms with Crippen molar-refractivity contribution in [3.63, 3.8) is 0 Å². The SMILES string of the molecule is CCCCCCCCN(C)c1ccncc1N. The zero-order valence-corrected chi connectivity index (χ0v) is 11.2. The number of rotatable bonds is 8. The summed E-state index contributed by atoms with van der Waals surface area (Å²) in [6.45, 7) is 3.32. The first-order chi connectivity index (χ1) is 8.25. The highest BCUT2D eigenvalue weighted by molar-refractivity contribution is 5.65. The van der Waals surface area contributed by atoms with Gasteiger partial charge in [-0.15, -0.1) is 0 Å². The van der Waals surface area contributed by atoms with Crippen molar-refractivity contribution >= 4 is 11.4 Å². The van der Waals surface area contributed by atoms with Crippen LogP contribution in [0, 0.1) is 0 Å². The molecule has 1 aromatic heterocycles. The van der Waals surface area contributed by atoms with Gasteiger partial charge in [0.25, 0.3) is 0 Å². The van der Waals surface area contributed by atoms with E-state index in [9.17, 15) is 0 Å². The molecule has 0 fully saturated rings. The van der Waals surface area contributed by atoms with Gasteiger partial charge in [-0.2, -0.15) is 0 Å². The molecule has 0 atom stereocenters. The zero-order valence-electron chi connectivity index (χ0n) is 11.2. The van der Waals surface area contributed by atoms with Crippen LogP contribution in [0.2, 0.25) is 0 Å². The number of unbranched alkanes of at least 4 members (excludes halogenated alkanes) is 5. The standard InChI is InChI=1S/C14H25N3/c1-3-4-5-6-7-8-11-17(2)14-9-10-16-12-13(14)15/h9-10,12H,3-8,11,15H2,1-2H3. The first-order valence-corrected chi connectivity index (χ1v) is 6.66. The van der Waals surface area contributed by atoms with Crippen LogP contribution in [-0.4, -0.2) is 18.6 Å². The molecule has 0 aliphatic carbocycles. The van der Waals surface area contributed by atoms with E-state index in [1.54, 1.807) is 12.4 Å². The lowest BCUT2D eigenvalue weighted by Crippen LogP contribution is -2.19. The van der Waals surface area contributed by atoms with Crippen LogP contribution in [0.3, 0.4) is 0 Å². The van der Waals surface area contributed by atoms with E-state index >= 15 is 0 Å². The average molecular weight is 235 g/mol. The van der Waals surface area contributed by atoms with Crippen LogP contribution in [0.1, 0.15) is 45.4 Å². The van der Waals surface area contributed by atoms with Crippen molar-refractivity contribution in [2.45, 2.75) is 45.4 Å². The summed E-state index contributed by atoms with van der Waals surface area (Å²) < 4.78 is 0. The zero-order chi connectivity index (χ0) is 12.5. The lowest BCUT2D eigenvalue weighted by Gasteiger charge is -2.20. The maximum absolute atomic E-state index is 5.89. The minimum atomic E-state index is 0.765. The second kappa shape index (κ2) is 7.93. The molecular weight excluding hydrogens is 210 g/mol. The van der Waals surface area contributed by atoms with Gasteiger partial charge in [0.1, 0.15) is 0 Å². The van der Waals surface area contributed by atoms with Gasteiger partial charge in [0.2, 0.25) is 0 Å². The molecule has 2 N–H and O–H groups in total. The first kappa shape index (κ1) is 13.8. The van der Waals surface area contributed by atoms with Crippen molar-refractivity contribution in [3.05, 3.63) is 18.5 Å². The Bertz CT molecular complexity index is 312. The van der Waals surface area contributed by atoms with Crippen molar-refractivity contribution in [2.24, 2.45) is 0 Å². The van der Waals surface area contributed by atoms with Gasteiger partial charge in [-0.1, -0.05) is 39.0 Å². The second-order valence-electron chi connectivity index (χ2n) is 4.62. The second-order valence-corrected chi connectivity index (χ2v) is 4.62. The number of hydrogen-bond donors (Lipinski definition) is 1. The number of hydrogen-bond acceptors (Lipinski definition) is 3. The van der Waals surface area contributed by atoms with Gasteiger partial charge < -0.3 is 10.6 Å². The first-order valence-electron chi connectivity index (χ1n) is 6.66. The summed E-state index contributed by atoms with van der Waals surface area (Å²) in [6, 6.07) is 1.98. The molecule has 1 rings (SSSR count). The van der Waals surface area contributed by atoms with Gasteiger partial charge in [-0.25, -0.2) is 0 Å². The molecule has 0 saturated carbocycles. The molecule has 3 nitrogen and oxygen atoms in total. The molecular formula is C14H25N3. The Labute approximate surface area is 105 Å². The molecule has 1 heterocycles. The minimum absolute atomic E-state index is 0.765. The van der Waals surface area contributed by atoms with Crippen LogP contribution in [0.15, 0.2) is 18.5 Å². The lowest BCUT2D eigenvalue weighted by atomic mass is 10.1. The Kier molecular flexibility index (Phi) is 6.45. The molecule has 0 radical (unpaired) electrons. The normalized spacial score (nSPS) is 10.5. The minimum Gasteiger partial charge on any atom is -0.396 e. The summed E-state index contributed by atoms with van der Waals surface area (Å²) in [7, 11) is 2.09. The summed E-state index contributed by atoms with van der Waals surface area (Å²) in [4.78, 5) is 6.22. The topological polar surface area (TPSA) is 42.2 Å². The predicted molar refractivity (Wildman–Crippen MR) is 75.3 cm³/mol. The molecule has 0 aliphatic heterocycles. The highest BCUT2D eigenvalue weighted by atomic mass is 15.1. The number of pyridine rings is 1. The van der Waals surface area contributed by atoms with E-state index in [1.807, 2.05) is 6.07 Å². The maximum Gasteiger partial charge on any atom is 0.0738 e. The largest absolute Gasteiger partial charge is 0.396 e. The predicted octanol–water partition coefficient (Wildman–Crippen LogP) is 3.46. The van der Waals surface area contributed by atoms with Gasteiger partial charge in [0, 0.05) is 19.8 Å². The van der Waals surface area contributed by atoms with Crippen molar-refractivity contribution in [2.75, 3.05) is 24.2 Å². The molecule has 0 bridgehead atoms. The van der Waals surface area contributed by atoms with Crippen molar-refractivity contribution < 1.29 is 0 Å². The van der Waals surface area contributed by atoms with Crippen LogP contribution >= 0.6 is 0 Å². The van der Waals surface area contributed by atoms with E-state index in [0.29, 0.717) is 0 Å². The van der Waals surface area contributed by atoms with Crippen LogP contribution in [0.25, 0.3) is 0 Å². The average Bonchev–Trinajstić information content (AvgIpc) is 2.34.